The summed E-state index contributed by atoms with van der Waals surface area (Å²) in [4.78, 5) is 28.7. The molecule has 1 unspecified atom stereocenters. The molecule has 2 N–H and O–H groups in total. The molecule has 0 fully saturated rings. The number of benzene rings is 2. The number of anilines is 1. The van der Waals surface area contributed by atoms with Crippen LogP contribution in [-0.4, -0.2) is 22.8 Å². The summed E-state index contributed by atoms with van der Waals surface area (Å²) in [5.41, 5.74) is 1.89. The molecule has 0 bridgehead atoms. The van der Waals surface area contributed by atoms with Crippen LogP contribution < -0.4 is 10.6 Å². The summed E-state index contributed by atoms with van der Waals surface area (Å²) >= 11 is 1.26. The average molecular weight is 369 g/mol. The van der Waals surface area contributed by atoms with E-state index in [0.717, 1.165) is 5.56 Å². The fraction of sp³-hybridized carbons (Fsp3) is 0.105. The summed E-state index contributed by atoms with van der Waals surface area (Å²) in [5.74, 6) is -1.01. The highest BCUT2D eigenvalue weighted by Gasteiger charge is 2.18. The standard InChI is InChI=1S/C19H16FN3O2S/c1-12(21-18(25)14-5-3-2-4-6-14)17(24)23-19-22-16(11-26-19)13-7-9-15(20)10-8-13/h2-12H,1H3,(H,21,25)(H,22,23,24). The van der Waals surface area contributed by atoms with Crippen LogP contribution in [0.2, 0.25) is 0 Å². The van der Waals surface area contributed by atoms with Gasteiger partial charge in [0.15, 0.2) is 5.13 Å². The van der Waals surface area contributed by atoms with Crippen molar-refractivity contribution in [2.75, 3.05) is 5.32 Å². The van der Waals surface area contributed by atoms with Crippen molar-refractivity contribution in [3.63, 3.8) is 0 Å². The first kappa shape index (κ1) is 17.8. The Morgan fingerprint density at radius 1 is 1.08 bits per heavy atom. The fourth-order valence-electron chi connectivity index (χ4n) is 2.23. The summed E-state index contributed by atoms with van der Waals surface area (Å²) in [6.45, 7) is 1.60. The molecule has 3 aromatic rings. The summed E-state index contributed by atoms with van der Waals surface area (Å²) in [5, 5.41) is 7.51. The first-order valence-electron chi connectivity index (χ1n) is 7.91. The van der Waals surface area contributed by atoms with Crippen molar-refractivity contribution in [2.24, 2.45) is 0 Å². The maximum Gasteiger partial charge on any atom is 0.251 e. The van der Waals surface area contributed by atoms with Gasteiger partial charge in [0.05, 0.1) is 5.69 Å². The fourth-order valence-corrected chi connectivity index (χ4v) is 2.96. The van der Waals surface area contributed by atoms with Gasteiger partial charge in [-0.15, -0.1) is 11.3 Å². The second kappa shape index (κ2) is 7.88. The van der Waals surface area contributed by atoms with Crippen LogP contribution in [0.15, 0.2) is 60.0 Å². The molecule has 2 amide bonds. The number of carbonyl (C=O) groups is 2. The Bertz CT molecular complexity index is 910. The average Bonchev–Trinajstić information content (AvgIpc) is 3.11. The minimum absolute atomic E-state index is 0.319. The first-order valence-corrected chi connectivity index (χ1v) is 8.79. The minimum Gasteiger partial charge on any atom is -0.341 e. The molecule has 1 atom stereocenters. The number of amides is 2. The van der Waals surface area contributed by atoms with Gasteiger partial charge in [0.2, 0.25) is 5.91 Å². The minimum atomic E-state index is -0.721. The Hall–Kier alpha value is -3.06. The largest absolute Gasteiger partial charge is 0.341 e. The van der Waals surface area contributed by atoms with E-state index in [2.05, 4.69) is 15.6 Å². The van der Waals surface area contributed by atoms with Gasteiger partial charge in [-0.2, -0.15) is 0 Å². The molecule has 0 aliphatic carbocycles. The van der Waals surface area contributed by atoms with E-state index in [1.165, 1.54) is 23.5 Å². The number of nitrogens with one attached hydrogen (secondary N) is 2. The van der Waals surface area contributed by atoms with Gasteiger partial charge in [0.1, 0.15) is 11.9 Å². The number of halogens is 1. The molecule has 1 aromatic heterocycles. The second-order valence-electron chi connectivity index (χ2n) is 5.60. The number of aromatic nitrogens is 1. The van der Waals surface area contributed by atoms with Crippen molar-refractivity contribution >= 4 is 28.3 Å². The third-order valence-corrected chi connectivity index (χ3v) is 4.41. The summed E-state index contributed by atoms with van der Waals surface area (Å²) in [6, 6.07) is 13.9. The van der Waals surface area contributed by atoms with E-state index in [9.17, 15) is 14.0 Å². The molecule has 0 saturated carbocycles. The van der Waals surface area contributed by atoms with Gasteiger partial charge < -0.3 is 10.6 Å². The Balaban J connectivity index is 1.61. The molecule has 7 heteroatoms. The van der Waals surface area contributed by atoms with Gasteiger partial charge in [-0.05, 0) is 43.3 Å². The molecule has 0 spiro atoms. The highest BCUT2D eigenvalue weighted by atomic mass is 32.1. The lowest BCUT2D eigenvalue weighted by atomic mass is 10.2. The number of hydrogen-bond donors (Lipinski definition) is 2. The number of thiazole rings is 1. The lowest BCUT2D eigenvalue weighted by Gasteiger charge is -2.12. The maximum absolute atomic E-state index is 13.0. The van der Waals surface area contributed by atoms with E-state index < -0.39 is 6.04 Å². The van der Waals surface area contributed by atoms with E-state index in [4.69, 9.17) is 0 Å². The Morgan fingerprint density at radius 2 is 1.77 bits per heavy atom. The zero-order valence-corrected chi connectivity index (χ0v) is 14.7. The lowest BCUT2D eigenvalue weighted by molar-refractivity contribution is -0.117. The number of hydrogen-bond acceptors (Lipinski definition) is 4. The van der Waals surface area contributed by atoms with Crippen LogP contribution in [0, 0.1) is 5.82 Å². The summed E-state index contributed by atoms with van der Waals surface area (Å²) in [6.07, 6.45) is 0. The molecule has 0 radical (unpaired) electrons. The predicted octanol–water partition coefficient (Wildman–Crippen LogP) is 3.71. The van der Waals surface area contributed by atoms with Gasteiger partial charge >= 0.3 is 0 Å². The van der Waals surface area contributed by atoms with Crippen LogP contribution in [0.5, 0.6) is 0 Å². The van der Waals surface area contributed by atoms with Crippen LogP contribution in [0.1, 0.15) is 17.3 Å². The van der Waals surface area contributed by atoms with Crippen molar-refractivity contribution in [2.45, 2.75) is 13.0 Å². The molecule has 5 nitrogen and oxygen atoms in total. The normalized spacial score (nSPS) is 11.6. The van der Waals surface area contributed by atoms with Crippen LogP contribution in [0.25, 0.3) is 11.3 Å². The van der Waals surface area contributed by atoms with E-state index in [0.29, 0.717) is 16.4 Å². The van der Waals surface area contributed by atoms with Gasteiger partial charge in [0.25, 0.3) is 5.91 Å². The van der Waals surface area contributed by atoms with Crippen molar-refractivity contribution < 1.29 is 14.0 Å². The Kier molecular flexibility index (Phi) is 5.38. The highest BCUT2D eigenvalue weighted by molar-refractivity contribution is 7.14. The monoisotopic (exact) mass is 369 g/mol. The number of rotatable bonds is 5. The molecule has 26 heavy (non-hydrogen) atoms. The molecule has 0 saturated heterocycles. The molecule has 2 aromatic carbocycles. The van der Waals surface area contributed by atoms with Crippen molar-refractivity contribution in [1.29, 1.82) is 0 Å². The van der Waals surface area contributed by atoms with Gasteiger partial charge in [-0.1, -0.05) is 18.2 Å². The SMILES string of the molecule is CC(NC(=O)c1ccccc1)C(=O)Nc1nc(-c2ccc(F)cc2)cs1. The molecule has 132 valence electrons. The van der Waals surface area contributed by atoms with E-state index in [1.807, 2.05) is 6.07 Å². The van der Waals surface area contributed by atoms with Crippen molar-refractivity contribution in [3.05, 3.63) is 71.4 Å². The van der Waals surface area contributed by atoms with Crippen LogP contribution in [0.4, 0.5) is 9.52 Å². The summed E-state index contributed by atoms with van der Waals surface area (Å²) < 4.78 is 13.0. The van der Waals surface area contributed by atoms with E-state index >= 15 is 0 Å². The molecule has 1 heterocycles. The van der Waals surface area contributed by atoms with Crippen LogP contribution >= 0.6 is 11.3 Å². The second-order valence-corrected chi connectivity index (χ2v) is 6.45. The Labute approximate surface area is 153 Å². The molecule has 3 rings (SSSR count). The first-order chi connectivity index (χ1) is 12.5. The molecule has 0 aliphatic heterocycles. The van der Waals surface area contributed by atoms with Gasteiger partial charge in [-0.3, -0.25) is 9.59 Å². The number of nitrogens with zero attached hydrogens (tertiary/aromatic N) is 1. The third kappa shape index (κ3) is 4.31. The van der Waals surface area contributed by atoms with E-state index in [-0.39, 0.29) is 17.6 Å². The zero-order chi connectivity index (χ0) is 18.5. The highest BCUT2D eigenvalue weighted by Crippen LogP contribution is 2.25. The maximum atomic E-state index is 13.0. The van der Waals surface area contributed by atoms with Gasteiger partial charge in [0, 0.05) is 16.5 Å². The quantitative estimate of drug-likeness (QED) is 0.720. The van der Waals surface area contributed by atoms with Gasteiger partial charge in [-0.25, -0.2) is 9.37 Å². The van der Waals surface area contributed by atoms with E-state index in [1.54, 1.807) is 48.7 Å². The topological polar surface area (TPSA) is 71.1 Å². The summed E-state index contributed by atoms with van der Waals surface area (Å²) in [7, 11) is 0. The number of carbonyl (C=O) groups excluding carboxylic acids is 2. The predicted molar refractivity (Wildman–Crippen MR) is 99.5 cm³/mol. The third-order valence-electron chi connectivity index (χ3n) is 3.65. The molecular weight excluding hydrogens is 353 g/mol. The molecular formula is C19H16FN3O2S. The lowest BCUT2D eigenvalue weighted by Crippen LogP contribution is -2.41. The zero-order valence-electron chi connectivity index (χ0n) is 13.9. The van der Waals surface area contributed by atoms with Crippen LogP contribution in [-0.2, 0) is 4.79 Å². The Morgan fingerprint density at radius 3 is 2.46 bits per heavy atom. The smallest absolute Gasteiger partial charge is 0.251 e. The van der Waals surface area contributed by atoms with Crippen molar-refractivity contribution in [3.8, 4) is 11.3 Å². The molecule has 0 aliphatic rings. The van der Waals surface area contributed by atoms with Crippen LogP contribution in [0.3, 0.4) is 0 Å². The van der Waals surface area contributed by atoms with Crippen molar-refractivity contribution in [1.82, 2.24) is 10.3 Å².